The summed E-state index contributed by atoms with van der Waals surface area (Å²) in [5, 5.41) is 5.63. The summed E-state index contributed by atoms with van der Waals surface area (Å²) in [5.74, 6) is 0. The molecule has 2 nitrogen and oxygen atoms in total. The molecule has 12 heavy (non-hydrogen) atoms. The molecule has 0 aliphatic carbocycles. The zero-order chi connectivity index (χ0) is 9.35. The van der Waals surface area contributed by atoms with Crippen molar-refractivity contribution < 1.29 is 13.2 Å². The van der Waals surface area contributed by atoms with Gasteiger partial charge in [0.25, 0.3) is 0 Å². The molecule has 1 aromatic rings. The zero-order valence-electron chi connectivity index (χ0n) is 6.17. The second-order valence-corrected chi connectivity index (χ2v) is 2.87. The van der Waals surface area contributed by atoms with E-state index in [0.29, 0.717) is 5.69 Å². The van der Waals surface area contributed by atoms with Crippen LogP contribution in [0.4, 0.5) is 13.2 Å². The van der Waals surface area contributed by atoms with Gasteiger partial charge in [-0.2, -0.15) is 18.3 Å². The number of hydrogen-bond acceptors (Lipinski definition) is 1. The largest absolute Gasteiger partial charge is 0.435 e. The van der Waals surface area contributed by atoms with Crippen molar-refractivity contribution in [3.05, 3.63) is 17.0 Å². The number of aryl methyl sites for hydroxylation is 1. The summed E-state index contributed by atoms with van der Waals surface area (Å²) in [4.78, 5) is 0. The van der Waals surface area contributed by atoms with E-state index in [1.165, 1.54) is 0 Å². The molecule has 0 aliphatic rings. The van der Waals surface area contributed by atoms with Crippen molar-refractivity contribution in [2.75, 3.05) is 0 Å². The maximum atomic E-state index is 12.1. The molecule has 0 spiro atoms. The quantitative estimate of drug-likeness (QED) is 0.754. The van der Waals surface area contributed by atoms with Crippen LogP contribution in [-0.4, -0.2) is 10.2 Å². The van der Waals surface area contributed by atoms with Gasteiger partial charge in [-0.05, 0) is 6.92 Å². The average molecular weight is 243 g/mol. The van der Waals surface area contributed by atoms with E-state index >= 15 is 0 Å². The first-order chi connectivity index (χ1) is 5.46. The number of halogens is 4. The highest BCUT2D eigenvalue weighted by Crippen LogP contribution is 2.32. The molecule has 0 fully saturated rings. The Labute approximate surface area is 75.3 Å². The standard InChI is InChI=1S/C6H6BrF3N2/c1-3-4(2-7)5(12-11-3)6(8,9)10/h2H2,1H3,(H,11,12). The van der Waals surface area contributed by atoms with Crippen LogP contribution in [0, 0.1) is 6.92 Å². The van der Waals surface area contributed by atoms with Gasteiger partial charge < -0.3 is 0 Å². The molecule has 0 unspecified atom stereocenters. The molecule has 6 heteroatoms. The first-order valence-electron chi connectivity index (χ1n) is 3.13. The smallest absolute Gasteiger partial charge is 0.282 e. The molecular weight excluding hydrogens is 237 g/mol. The van der Waals surface area contributed by atoms with E-state index < -0.39 is 11.9 Å². The van der Waals surface area contributed by atoms with Crippen LogP contribution in [0.2, 0.25) is 0 Å². The number of H-pyrrole nitrogens is 1. The number of nitrogens with zero attached hydrogens (tertiary/aromatic N) is 1. The van der Waals surface area contributed by atoms with Crippen molar-refractivity contribution in [3.8, 4) is 0 Å². The second-order valence-electron chi connectivity index (χ2n) is 2.31. The predicted octanol–water partition coefficient (Wildman–Crippen LogP) is 2.63. The Hall–Kier alpha value is -0.520. The molecule has 0 aliphatic heterocycles. The van der Waals surface area contributed by atoms with Gasteiger partial charge in [-0.1, -0.05) is 15.9 Å². The minimum absolute atomic E-state index is 0.157. The van der Waals surface area contributed by atoms with E-state index in [-0.39, 0.29) is 10.9 Å². The molecule has 1 heterocycles. The molecule has 0 saturated heterocycles. The van der Waals surface area contributed by atoms with Gasteiger partial charge >= 0.3 is 6.18 Å². The normalized spacial score (nSPS) is 12.1. The number of hydrogen-bond donors (Lipinski definition) is 1. The van der Waals surface area contributed by atoms with Crippen LogP contribution < -0.4 is 0 Å². The van der Waals surface area contributed by atoms with Gasteiger partial charge in [0.15, 0.2) is 5.69 Å². The average Bonchev–Trinajstić information content (AvgIpc) is 2.29. The molecule has 1 N–H and O–H groups in total. The van der Waals surface area contributed by atoms with Gasteiger partial charge in [0.05, 0.1) is 0 Å². The molecule has 68 valence electrons. The van der Waals surface area contributed by atoms with Gasteiger partial charge in [0.2, 0.25) is 0 Å². The van der Waals surface area contributed by atoms with E-state index in [4.69, 9.17) is 0 Å². The monoisotopic (exact) mass is 242 g/mol. The molecule has 0 bridgehead atoms. The Morgan fingerprint density at radius 2 is 2.08 bits per heavy atom. The van der Waals surface area contributed by atoms with Crippen LogP contribution in [-0.2, 0) is 11.5 Å². The number of nitrogens with one attached hydrogen (secondary N) is 1. The molecule has 0 amide bonds. The lowest BCUT2D eigenvalue weighted by atomic mass is 10.2. The summed E-state index contributed by atoms with van der Waals surface area (Å²) < 4.78 is 36.4. The Balaban J connectivity index is 3.16. The van der Waals surface area contributed by atoms with Gasteiger partial charge in [-0.25, -0.2) is 0 Å². The van der Waals surface area contributed by atoms with Gasteiger partial charge in [-0.15, -0.1) is 0 Å². The molecular formula is C6H6BrF3N2. The molecule has 0 radical (unpaired) electrons. The fraction of sp³-hybridized carbons (Fsp3) is 0.500. The Morgan fingerprint density at radius 3 is 2.42 bits per heavy atom. The molecule has 1 aromatic heterocycles. The number of aromatic amines is 1. The van der Waals surface area contributed by atoms with Crippen LogP contribution >= 0.6 is 15.9 Å². The summed E-state index contributed by atoms with van der Waals surface area (Å²) in [6.45, 7) is 1.55. The summed E-state index contributed by atoms with van der Waals surface area (Å²) >= 11 is 2.97. The summed E-state index contributed by atoms with van der Waals surface area (Å²) in [5.41, 5.74) is -0.224. The third-order valence-corrected chi connectivity index (χ3v) is 2.04. The van der Waals surface area contributed by atoms with Crippen molar-refractivity contribution >= 4 is 15.9 Å². The van der Waals surface area contributed by atoms with Gasteiger partial charge in [-0.3, -0.25) is 5.10 Å². The number of aromatic nitrogens is 2. The highest BCUT2D eigenvalue weighted by molar-refractivity contribution is 9.08. The van der Waals surface area contributed by atoms with Crippen molar-refractivity contribution in [2.24, 2.45) is 0 Å². The van der Waals surface area contributed by atoms with E-state index in [2.05, 4.69) is 26.1 Å². The van der Waals surface area contributed by atoms with Crippen LogP contribution in [0.3, 0.4) is 0 Å². The van der Waals surface area contributed by atoms with Gasteiger partial charge in [0, 0.05) is 16.6 Å². The van der Waals surface area contributed by atoms with E-state index in [9.17, 15) is 13.2 Å². The Kier molecular flexibility index (Phi) is 2.46. The third kappa shape index (κ3) is 1.63. The molecule has 0 atom stereocenters. The van der Waals surface area contributed by atoms with E-state index in [0.717, 1.165) is 0 Å². The van der Waals surface area contributed by atoms with Crippen molar-refractivity contribution in [2.45, 2.75) is 18.4 Å². The summed E-state index contributed by atoms with van der Waals surface area (Å²) in [7, 11) is 0. The topological polar surface area (TPSA) is 28.7 Å². The van der Waals surface area contributed by atoms with Crippen molar-refractivity contribution in [1.82, 2.24) is 10.2 Å². The van der Waals surface area contributed by atoms with Crippen molar-refractivity contribution in [1.29, 1.82) is 0 Å². The van der Waals surface area contributed by atoms with Crippen LogP contribution in [0.5, 0.6) is 0 Å². The fourth-order valence-corrected chi connectivity index (χ4v) is 1.54. The summed E-state index contributed by atoms with van der Waals surface area (Å²) in [6, 6.07) is 0. The Bertz CT molecular complexity index is 279. The van der Waals surface area contributed by atoms with E-state index in [1.54, 1.807) is 6.92 Å². The zero-order valence-corrected chi connectivity index (χ0v) is 7.75. The predicted molar refractivity (Wildman–Crippen MR) is 41.0 cm³/mol. The van der Waals surface area contributed by atoms with Crippen molar-refractivity contribution in [3.63, 3.8) is 0 Å². The van der Waals surface area contributed by atoms with Crippen LogP contribution in [0.15, 0.2) is 0 Å². The summed E-state index contributed by atoms with van der Waals surface area (Å²) in [6.07, 6.45) is -4.37. The lowest BCUT2D eigenvalue weighted by molar-refractivity contribution is -0.141. The number of rotatable bonds is 1. The minimum Gasteiger partial charge on any atom is -0.282 e. The maximum absolute atomic E-state index is 12.1. The minimum atomic E-state index is -4.37. The SMILES string of the molecule is Cc1[nH]nc(C(F)(F)F)c1CBr. The molecule has 1 rings (SSSR count). The van der Waals surface area contributed by atoms with Crippen LogP contribution in [0.25, 0.3) is 0 Å². The highest BCUT2D eigenvalue weighted by Gasteiger charge is 2.36. The van der Waals surface area contributed by atoms with E-state index in [1.807, 2.05) is 0 Å². The lowest BCUT2D eigenvalue weighted by Gasteiger charge is -2.03. The Morgan fingerprint density at radius 1 is 1.50 bits per heavy atom. The second kappa shape index (κ2) is 3.08. The maximum Gasteiger partial charge on any atom is 0.435 e. The first-order valence-corrected chi connectivity index (χ1v) is 4.26. The number of alkyl halides is 4. The third-order valence-electron chi connectivity index (χ3n) is 1.48. The fourth-order valence-electron chi connectivity index (χ4n) is 0.850. The molecule has 0 saturated carbocycles. The molecule has 0 aromatic carbocycles. The first kappa shape index (κ1) is 9.57. The highest BCUT2D eigenvalue weighted by atomic mass is 79.9. The van der Waals surface area contributed by atoms with Gasteiger partial charge in [0.1, 0.15) is 0 Å². The lowest BCUT2D eigenvalue weighted by Crippen LogP contribution is -2.08. The van der Waals surface area contributed by atoms with Crippen LogP contribution in [0.1, 0.15) is 17.0 Å².